The van der Waals surface area contributed by atoms with Gasteiger partial charge in [0.25, 0.3) is 5.92 Å². The number of benzene rings is 1. The topological polar surface area (TPSA) is 41.5 Å². The van der Waals surface area contributed by atoms with Gasteiger partial charge < -0.3 is 15.2 Å². The first kappa shape index (κ1) is 14.9. The van der Waals surface area contributed by atoms with Gasteiger partial charge in [-0.3, -0.25) is 0 Å². The molecule has 1 aromatic carbocycles. The highest BCUT2D eigenvalue weighted by Crippen LogP contribution is 2.26. The van der Waals surface area contributed by atoms with Crippen molar-refractivity contribution in [3.05, 3.63) is 29.3 Å². The molecule has 0 fully saturated rings. The van der Waals surface area contributed by atoms with Crippen LogP contribution in [0.1, 0.15) is 24.1 Å². The average Bonchev–Trinajstić information content (AvgIpc) is 2.36. The summed E-state index contributed by atoms with van der Waals surface area (Å²) in [6, 6.07) is 5.33. The van der Waals surface area contributed by atoms with Crippen molar-refractivity contribution >= 4 is 0 Å². The molecule has 102 valence electrons. The van der Waals surface area contributed by atoms with Crippen LogP contribution in [0.2, 0.25) is 0 Å². The SMILES string of the molecule is COc1cc(C)ccc1C(C)NCC(F)(F)CO. The lowest BCUT2D eigenvalue weighted by molar-refractivity contribution is -0.0491. The molecular weight excluding hydrogens is 240 g/mol. The molecule has 1 atom stereocenters. The first-order valence-electron chi connectivity index (χ1n) is 5.76. The summed E-state index contributed by atoms with van der Waals surface area (Å²) in [5.74, 6) is -2.44. The zero-order valence-electron chi connectivity index (χ0n) is 10.8. The van der Waals surface area contributed by atoms with E-state index in [1.165, 1.54) is 0 Å². The Morgan fingerprint density at radius 1 is 1.44 bits per heavy atom. The Balaban J connectivity index is 2.75. The van der Waals surface area contributed by atoms with Gasteiger partial charge in [0, 0.05) is 11.6 Å². The number of rotatable bonds is 6. The van der Waals surface area contributed by atoms with Gasteiger partial charge in [-0.1, -0.05) is 12.1 Å². The van der Waals surface area contributed by atoms with E-state index < -0.39 is 19.1 Å². The first-order valence-corrected chi connectivity index (χ1v) is 5.76. The first-order chi connectivity index (χ1) is 8.39. The molecule has 3 nitrogen and oxygen atoms in total. The molecule has 0 amide bonds. The van der Waals surface area contributed by atoms with Gasteiger partial charge in [0.1, 0.15) is 12.4 Å². The molecule has 0 bridgehead atoms. The fourth-order valence-corrected chi connectivity index (χ4v) is 1.64. The van der Waals surface area contributed by atoms with Crippen molar-refractivity contribution in [3.8, 4) is 5.75 Å². The Bertz CT molecular complexity index is 397. The monoisotopic (exact) mass is 259 g/mol. The highest BCUT2D eigenvalue weighted by atomic mass is 19.3. The number of aliphatic hydroxyl groups is 1. The van der Waals surface area contributed by atoms with Crippen molar-refractivity contribution < 1.29 is 18.6 Å². The van der Waals surface area contributed by atoms with Gasteiger partial charge in [-0.25, -0.2) is 8.78 Å². The number of alkyl halides is 2. The van der Waals surface area contributed by atoms with Gasteiger partial charge >= 0.3 is 0 Å². The van der Waals surface area contributed by atoms with Crippen molar-refractivity contribution in [2.24, 2.45) is 0 Å². The van der Waals surface area contributed by atoms with Crippen LogP contribution in [-0.2, 0) is 0 Å². The number of aliphatic hydroxyl groups excluding tert-OH is 1. The Labute approximate surface area is 106 Å². The van der Waals surface area contributed by atoms with Crippen molar-refractivity contribution in [1.29, 1.82) is 0 Å². The van der Waals surface area contributed by atoms with Crippen LogP contribution >= 0.6 is 0 Å². The fourth-order valence-electron chi connectivity index (χ4n) is 1.64. The number of hydrogen-bond acceptors (Lipinski definition) is 3. The van der Waals surface area contributed by atoms with E-state index in [0.717, 1.165) is 11.1 Å². The number of methoxy groups -OCH3 is 1. The molecule has 1 rings (SSSR count). The maximum absolute atomic E-state index is 12.9. The fraction of sp³-hybridized carbons (Fsp3) is 0.538. The van der Waals surface area contributed by atoms with Gasteiger partial charge in [-0.05, 0) is 25.5 Å². The lowest BCUT2D eigenvalue weighted by atomic mass is 10.0. The molecule has 1 unspecified atom stereocenters. The third-order valence-corrected chi connectivity index (χ3v) is 2.75. The van der Waals surface area contributed by atoms with Crippen LogP contribution in [0.15, 0.2) is 18.2 Å². The van der Waals surface area contributed by atoms with Crippen LogP contribution in [0.3, 0.4) is 0 Å². The van der Waals surface area contributed by atoms with E-state index in [1.807, 2.05) is 25.1 Å². The minimum absolute atomic E-state index is 0.280. The molecule has 0 saturated carbocycles. The molecule has 1 aromatic rings. The zero-order chi connectivity index (χ0) is 13.8. The Hall–Kier alpha value is -1.20. The van der Waals surface area contributed by atoms with E-state index >= 15 is 0 Å². The Morgan fingerprint density at radius 3 is 2.67 bits per heavy atom. The summed E-state index contributed by atoms with van der Waals surface area (Å²) in [6.07, 6.45) is 0. The highest BCUT2D eigenvalue weighted by Gasteiger charge is 2.28. The lowest BCUT2D eigenvalue weighted by Gasteiger charge is -2.21. The van der Waals surface area contributed by atoms with E-state index in [-0.39, 0.29) is 6.04 Å². The van der Waals surface area contributed by atoms with Crippen LogP contribution in [-0.4, -0.2) is 31.3 Å². The molecule has 18 heavy (non-hydrogen) atoms. The van der Waals surface area contributed by atoms with Crippen LogP contribution in [0.25, 0.3) is 0 Å². The molecule has 0 aliphatic rings. The van der Waals surface area contributed by atoms with E-state index in [4.69, 9.17) is 9.84 Å². The van der Waals surface area contributed by atoms with Gasteiger partial charge in [0.05, 0.1) is 13.7 Å². The Kier molecular flexibility index (Phi) is 5.04. The molecule has 0 saturated heterocycles. The summed E-state index contributed by atoms with van der Waals surface area (Å²) in [4.78, 5) is 0. The van der Waals surface area contributed by atoms with Crippen molar-refractivity contribution in [1.82, 2.24) is 5.32 Å². The van der Waals surface area contributed by atoms with Crippen molar-refractivity contribution in [3.63, 3.8) is 0 Å². The number of halogens is 2. The van der Waals surface area contributed by atoms with Crippen LogP contribution in [0, 0.1) is 6.92 Å². The van der Waals surface area contributed by atoms with Crippen molar-refractivity contribution in [2.45, 2.75) is 25.8 Å². The van der Waals surface area contributed by atoms with Gasteiger partial charge in [-0.2, -0.15) is 0 Å². The molecule has 0 radical (unpaired) electrons. The molecule has 0 aliphatic heterocycles. The molecule has 0 aromatic heterocycles. The summed E-state index contributed by atoms with van der Waals surface area (Å²) in [7, 11) is 1.55. The quantitative estimate of drug-likeness (QED) is 0.823. The summed E-state index contributed by atoms with van der Waals surface area (Å²) < 4.78 is 31.1. The number of ether oxygens (including phenoxy) is 1. The summed E-state index contributed by atoms with van der Waals surface area (Å²) in [5.41, 5.74) is 1.86. The number of hydrogen-bond donors (Lipinski definition) is 2. The van der Waals surface area contributed by atoms with Gasteiger partial charge in [0.15, 0.2) is 0 Å². The summed E-state index contributed by atoms with van der Waals surface area (Å²) in [5, 5.41) is 11.2. The maximum Gasteiger partial charge on any atom is 0.282 e. The largest absolute Gasteiger partial charge is 0.496 e. The summed E-state index contributed by atoms with van der Waals surface area (Å²) >= 11 is 0. The highest BCUT2D eigenvalue weighted by molar-refractivity contribution is 5.39. The molecule has 5 heteroatoms. The van der Waals surface area contributed by atoms with E-state index in [0.29, 0.717) is 5.75 Å². The number of aryl methyl sites for hydroxylation is 1. The normalized spacial score (nSPS) is 13.4. The minimum Gasteiger partial charge on any atom is -0.496 e. The van der Waals surface area contributed by atoms with Crippen LogP contribution in [0.4, 0.5) is 8.78 Å². The average molecular weight is 259 g/mol. The molecular formula is C13H19F2NO2. The third kappa shape index (κ3) is 3.92. The van der Waals surface area contributed by atoms with Crippen molar-refractivity contribution in [2.75, 3.05) is 20.3 Å². The molecule has 2 N–H and O–H groups in total. The lowest BCUT2D eigenvalue weighted by Crippen LogP contribution is -2.37. The standard InChI is InChI=1S/C13H19F2NO2/c1-9-4-5-11(12(6-9)18-3)10(2)16-7-13(14,15)8-17/h4-6,10,16-17H,7-8H2,1-3H3. The Morgan fingerprint density at radius 2 is 2.11 bits per heavy atom. The van der Waals surface area contributed by atoms with Gasteiger partial charge in [0.2, 0.25) is 0 Å². The number of nitrogens with one attached hydrogen (secondary N) is 1. The zero-order valence-corrected chi connectivity index (χ0v) is 10.8. The van der Waals surface area contributed by atoms with E-state index in [9.17, 15) is 8.78 Å². The smallest absolute Gasteiger partial charge is 0.282 e. The maximum atomic E-state index is 12.9. The van der Waals surface area contributed by atoms with Gasteiger partial charge in [-0.15, -0.1) is 0 Å². The second-order valence-electron chi connectivity index (χ2n) is 4.36. The molecule has 0 heterocycles. The molecule has 0 spiro atoms. The summed E-state index contributed by atoms with van der Waals surface area (Å²) in [6.45, 7) is 1.99. The van der Waals surface area contributed by atoms with Crippen LogP contribution in [0.5, 0.6) is 5.75 Å². The molecule has 0 aliphatic carbocycles. The van der Waals surface area contributed by atoms with E-state index in [2.05, 4.69) is 5.32 Å². The third-order valence-electron chi connectivity index (χ3n) is 2.75. The predicted molar refractivity (Wildman–Crippen MR) is 66.2 cm³/mol. The second kappa shape index (κ2) is 6.11. The predicted octanol–water partition coefficient (Wildman–Crippen LogP) is 2.28. The minimum atomic E-state index is -3.10. The van der Waals surface area contributed by atoms with Crippen LogP contribution < -0.4 is 10.1 Å². The van der Waals surface area contributed by atoms with E-state index in [1.54, 1.807) is 14.0 Å². The second-order valence-corrected chi connectivity index (χ2v) is 4.36.